The van der Waals surface area contributed by atoms with Crippen molar-refractivity contribution in [3.05, 3.63) is 69.3 Å². The van der Waals surface area contributed by atoms with Crippen molar-refractivity contribution in [2.24, 2.45) is 0 Å². The molecule has 112 valence electrons. The van der Waals surface area contributed by atoms with E-state index in [1.54, 1.807) is 0 Å². The van der Waals surface area contributed by atoms with Gasteiger partial charge in [0.2, 0.25) is 0 Å². The molecule has 0 saturated heterocycles. The molecule has 0 fully saturated rings. The summed E-state index contributed by atoms with van der Waals surface area (Å²) >= 11 is 0. The first kappa shape index (κ1) is 14.5. The van der Waals surface area contributed by atoms with Crippen LogP contribution in [0.5, 0.6) is 0 Å². The lowest BCUT2D eigenvalue weighted by Crippen LogP contribution is -2.25. The molecule has 0 spiro atoms. The molecule has 3 rings (SSSR count). The van der Waals surface area contributed by atoms with Crippen molar-refractivity contribution in [3.63, 3.8) is 0 Å². The molecule has 0 saturated carbocycles. The summed E-state index contributed by atoms with van der Waals surface area (Å²) in [6.07, 6.45) is 0. The van der Waals surface area contributed by atoms with Crippen LogP contribution in [-0.4, -0.2) is 14.7 Å². The number of aliphatic hydroxyl groups excluding tert-OH is 1. The average molecular weight is 294 g/mol. The molecule has 22 heavy (non-hydrogen) atoms. The average Bonchev–Trinajstić information content (AvgIpc) is 2.47. The summed E-state index contributed by atoms with van der Waals surface area (Å²) in [5, 5.41) is 10.3. The molecule has 3 aromatic rings. The Kier molecular flexibility index (Phi) is 3.54. The fourth-order valence-electron chi connectivity index (χ4n) is 2.90. The van der Waals surface area contributed by atoms with Gasteiger partial charge < -0.3 is 5.11 Å². The number of benzene rings is 2. The second kappa shape index (κ2) is 5.39. The third kappa shape index (κ3) is 2.22. The predicted molar refractivity (Wildman–Crippen MR) is 87.5 cm³/mol. The topological polar surface area (TPSA) is 55.1 Å². The van der Waals surface area contributed by atoms with Crippen LogP contribution < -0.4 is 5.56 Å². The number of hydrogen-bond acceptors (Lipinski definition) is 3. The van der Waals surface area contributed by atoms with Crippen molar-refractivity contribution in [2.75, 3.05) is 0 Å². The highest BCUT2D eigenvalue weighted by atomic mass is 16.3. The van der Waals surface area contributed by atoms with E-state index >= 15 is 0 Å². The molecule has 0 bridgehead atoms. The Morgan fingerprint density at radius 1 is 1.09 bits per heavy atom. The summed E-state index contributed by atoms with van der Waals surface area (Å²) in [4.78, 5) is 17.5. The maximum atomic E-state index is 13.0. The zero-order valence-electron chi connectivity index (χ0n) is 12.9. The lowest BCUT2D eigenvalue weighted by Gasteiger charge is -2.15. The van der Waals surface area contributed by atoms with Gasteiger partial charge in [-0.05, 0) is 49.6 Å². The van der Waals surface area contributed by atoms with Crippen molar-refractivity contribution >= 4 is 10.9 Å². The summed E-state index contributed by atoms with van der Waals surface area (Å²) in [6, 6.07) is 11.5. The first-order valence-electron chi connectivity index (χ1n) is 7.22. The minimum absolute atomic E-state index is 0.138. The molecule has 0 amide bonds. The summed E-state index contributed by atoms with van der Waals surface area (Å²) in [5.41, 5.74) is 4.17. The van der Waals surface area contributed by atoms with Crippen LogP contribution in [0.3, 0.4) is 0 Å². The molecule has 0 unspecified atom stereocenters. The Bertz CT molecular complexity index is 926. The number of fused-ring (bicyclic) bond motifs is 1. The first-order valence-corrected chi connectivity index (χ1v) is 7.22. The predicted octanol–water partition coefficient (Wildman–Crippen LogP) is 2.80. The van der Waals surface area contributed by atoms with Crippen LogP contribution in [0, 0.1) is 20.8 Å². The van der Waals surface area contributed by atoms with Crippen LogP contribution in [0.1, 0.15) is 22.5 Å². The van der Waals surface area contributed by atoms with Gasteiger partial charge in [0.1, 0.15) is 12.4 Å². The molecule has 0 radical (unpaired) electrons. The third-order valence-electron chi connectivity index (χ3n) is 3.88. The van der Waals surface area contributed by atoms with Gasteiger partial charge in [0.15, 0.2) is 0 Å². The van der Waals surface area contributed by atoms with E-state index in [2.05, 4.69) is 4.98 Å². The second-order valence-electron chi connectivity index (χ2n) is 5.59. The number of rotatable bonds is 2. The van der Waals surface area contributed by atoms with Crippen molar-refractivity contribution in [2.45, 2.75) is 27.4 Å². The van der Waals surface area contributed by atoms with Crippen molar-refractivity contribution in [3.8, 4) is 5.69 Å². The van der Waals surface area contributed by atoms with E-state index in [4.69, 9.17) is 0 Å². The monoisotopic (exact) mass is 294 g/mol. The van der Waals surface area contributed by atoms with Crippen LogP contribution in [0.15, 0.2) is 41.2 Å². The van der Waals surface area contributed by atoms with E-state index < -0.39 is 0 Å². The van der Waals surface area contributed by atoms with Gasteiger partial charge in [-0.15, -0.1) is 0 Å². The number of hydrogen-bond donors (Lipinski definition) is 1. The van der Waals surface area contributed by atoms with Gasteiger partial charge in [-0.2, -0.15) is 0 Å². The number of para-hydroxylation sites is 1. The highest BCUT2D eigenvalue weighted by molar-refractivity contribution is 5.82. The number of aryl methyl sites for hydroxylation is 3. The molecule has 0 atom stereocenters. The van der Waals surface area contributed by atoms with Gasteiger partial charge in [-0.1, -0.05) is 24.3 Å². The Labute approximate surface area is 128 Å². The molecular weight excluding hydrogens is 276 g/mol. The van der Waals surface area contributed by atoms with Crippen molar-refractivity contribution in [1.82, 2.24) is 9.55 Å². The Morgan fingerprint density at radius 2 is 1.82 bits per heavy atom. The first-order chi connectivity index (χ1) is 10.5. The van der Waals surface area contributed by atoms with Crippen LogP contribution in [-0.2, 0) is 6.61 Å². The molecule has 1 N–H and O–H groups in total. The molecule has 4 nitrogen and oxygen atoms in total. The second-order valence-corrected chi connectivity index (χ2v) is 5.59. The minimum atomic E-state index is -0.285. The van der Waals surface area contributed by atoms with Gasteiger partial charge in [-0.3, -0.25) is 9.36 Å². The zero-order valence-corrected chi connectivity index (χ0v) is 12.9. The van der Waals surface area contributed by atoms with Crippen LogP contribution in [0.2, 0.25) is 0 Å². The third-order valence-corrected chi connectivity index (χ3v) is 3.88. The van der Waals surface area contributed by atoms with Crippen LogP contribution in [0.25, 0.3) is 16.6 Å². The van der Waals surface area contributed by atoms with E-state index in [-0.39, 0.29) is 12.2 Å². The Balaban J connectivity index is 2.48. The number of nitrogens with zero attached hydrogens (tertiary/aromatic N) is 2. The van der Waals surface area contributed by atoms with E-state index in [1.165, 1.54) is 4.57 Å². The van der Waals surface area contributed by atoms with Gasteiger partial charge in [0, 0.05) is 0 Å². The normalized spacial score (nSPS) is 11.1. The molecule has 0 aliphatic rings. The summed E-state index contributed by atoms with van der Waals surface area (Å²) in [7, 11) is 0. The zero-order chi connectivity index (χ0) is 15.9. The standard InChI is InChI=1S/C18H18N2O2/c1-11-8-13(3)17-14(9-11)19-16(10-21)20(18(17)22)15-7-5-4-6-12(15)2/h4-9,21H,10H2,1-3H3. The largest absolute Gasteiger partial charge is 0.388 e. The van der Waals surface area contributed by atoms with Gasteiger partial charge in [0.05, 0.1) is 16.6 Å². The Hall–Kier alpha value is -2.46. The van der Waals surface area contributed by atoms with Gasteiger partial charge >= 0.3 is 0 Å². The van der Waals surface area contributed by atoms with E-state index in [9.17, 15) is 9.90 Å². The Morgan fingerprint density at radius 3 is 2.50 bits per heavy atom. The highest BCUT2D eigenvalue weighted by Gasteiger charge is 2.15. The highest BCUT2D eigenvalue weighted by Crippen LogP contribution is 2.19. The van der Waals surface area contributed by atoms with Crippen molar-refractivity contribution in [1.29, 1.82) is 0 Å². The molecule has 4 heteroatoms. The van der Waals surface area contributed by atoms with Crippen LogP contribution >= 0.6 is 0 Å². The lowest BCUT2D eigenvalue weighted by atomic mass is 10.1. The molecule has 0 aliphatic carbocycles. The van der Waals surface area contributed by atoms with Crippen molar-refractivity contribution < 1.29 is 5.11 Å². The summed E-state index contributed by atoms with van der Waals surface area (Å²) < 4.78 is 1.51. The molecule has 1 heterocycles. The smallest absolute Gasteiger partial charge is 0.266 e. The molecule has 0 aliphatic heterocycles. The number of aliphatic hydroxyl groups is 1. The quantitative estimate of drug-likeness (QED) is 0.790. The minimum Gasteiger partial charge on any atom is -0.388 e. The van der Waals surface area contributed by atoms with Crippen LogP contribution in [0.4, 0.5) is 0 Å². The van der Waals surface area contributed by atoms with Gasteiger partial charge in [0.25, 0.3) is 5.56 Å². The number of aromatic nitrogens is 2. The molecule has 2 aromatic carbocycles. The summed E-state index contributed by atoms with van der Waals surface area (Å²) in [6.45, 7) is 5.54. The van der Waals surface area contributed by atoms with Gasteiger partial charge in [-0.25, -0.2) is 4.98 Å². The maximum absolute atomic E-state index is 13.0. The fourth-order valence-corrected chi connectivity index (χ4v) is 2.90. The van der Waals surface area contributed by atoms with E-state index in [1.807, 2.05) is 57.2 Å². The summed E-state index contributed by atoms with van der Waals surface area (Å²) in [5.74, 6) is 0.358. The maximum Gasteiger partial charge on any atom is 0.266 e. The van der Waals surface area contributed by atoms with E-state index in [0.29, 0.717) is 16.7 Å². The lowest BCUT2D eigenvalue weighted by molar-refractivity contribution is 0.268. The fraction of sp³-hybridized carbons (Fsp3) is 0.222. The molecule has 1 aromatic heterocycles. The SMILES string of the molecule is Cc1cc(C)c2c(=O)n(-c3ccccc3C)c(CO)nc2c1. The molecular formula is C18H18N2O2. The van der Waals surface area contributed by atoms with E-state index in [0.717, 1.165) is 22.4 Å².